The van der Waals surface area contributed by atoms with Crippen molar-refractivity contribution in [3.8, 4) is 0 Å². The van der Waals surface area contributed by atoms with Gasteiger partial charge in [0.25, 0.3) is 0 Å². The Morgan fingerprint density at radius 1 is 1.24 bits per heavy atom. The number of halogens is 1. The van der Waals surface area contributed by atoms with Gasteiger partial charge in [0.1, 0.15) is 0 Å². The van der Waals surface area contributed by atoms with Crippen LogP contribution in [0.25, 0.3) is 0 Å². The van der Waals surface area contributed by atoms with Gasteiger partial charge < -0.3 is 11.1 Å². The molecular weight excluding hydrogens is 284 g/mol. The molecule has 3 nitrogen and oxygen atoms in total. The second-order valence-corrected chi connectivity index (χ2v) is 5.59. The van der Waals surface area contributed by atoms with Gasteiger partial charge in [0.15, 0.2) is 0 Å². The smallest absolute Gasteiger partial charge is 0.224 e. The van der Waals surface area contributed by atoms with Crippen molar-refractivity contribution in [1.29, 1.82) is 0 Å². The summed E-state index contributed by atoms with van der Waals surface area (Å²) in [4.78, 5) is 12.0. The first-order valence-corrected chi connectivity index (χ1v) is 7.29. The summed E-state index contributed by atoms with van der Waals surface area (Å²) in [5, 5.41) is 3.72. The van der Waals surface area contributed by atoms with Gasteiger partial charge in [0, 0.05) is 16.8 Å². The van der Waals surface area contributed by atoms with Gasteiger partial charge >= 0.3 is 0 Å². The molecule has 2 rings (SSSR count). The van der Waals surface area contributed by atoms with Crippen LogP contribution < -0.4 is 11.1 Å². The van der Waals surface area contributed by atoms with E-state index in [-0.39, 0.29) is 11.9 Å². The molecule has 0 aliphatic rings. The summed E-state index contributed by atoms with van der Waals surface area (Å²) in [6.45, 7) is 1.97. The van der Waals surface area contributed by atoms with Crippen LogP contribution in [-0.4, -0.2) is 11.9 Å². The zero-order valence-electron chi connectivity index (χ0n) is 12.0. The number of carbonyl (C=O) groups excluding carboxylic acids is 1. The lowest BCUT2D eigenvalue weighted by atomic mass is 10.1. The summed E-state index contributed by atoms with van der Waals surface area (Å²) >= 11 is 6.13. The second kappa shape index (κ2) is 7.14. The van der Waals surface area contributed by atoms with E-state index in [9.17, 15) is 4.79 Å². The van der Waals surface area contributed by atoms with E-state index < -0.39 is 0 Å². The van der Waals surface area contributed by atoms with Crippen LogP contribution in [0, 0.1) is 0 Å². The third kappa shape index (κ3) is 4.80. The molecule has 1 atom stereocenters. The van der Waals surface area contributed by atoms with Gasteiger partial charge in [-0.2, -0.15) is 0 Å². The molecule has 0 aliphatic heterocycles. The number of nitrogens with one attached hydrogen (secondary N) is 1. The van der Waals surface area contributed by atoms with E-state index in [0.29, 0.717) is 18.5 Å². The van der Waals surface area contributed by atoms with Gasteiger partial charge in [-0.25, -0.2) is 0 Å². The predicted octanol–water partition coefficient (Wildman–Crippen LogP) is 3.21. The van der Waals surface area contributed by atoms with Crippen LogP contribution in [-0.2, 0) is 17.6 Å². The fourth-order valence-electron chi connectivity index (χ4n) is 2.26. The number of amides is 1. The summed E-state index contributed by atoms with van der Waals surface area (Å²) < 4.78 is 0. The van der Waals surface area contributed by atoms with Crippen LogP contribution >= 0.6 is 11.6 Å². The highest BCUT2D eigenvalue weighted by Crippen LogP contribution is 2.16. The maximum atomic E-state index is 12.0. The first-order valence-electron chi connectivity index (χ1n) is 6.92. The maximum absolute atomic E-state index is 12.0. The van der Waals surface area contributed by atoms with E-state index >= 15 is 0 Å². The first kappa shape index (κ1) is 15.4. The SMILES string of the molecule is CC(Cc1ccccc1Cl)NC(=O)Cc1cccc(N)c1. The Bertz CT molecular complexity index is 628. The first-order chi connectivity index (χ1) is 10.0. The van der Waals surface area contributed by atoms with Crippen molar-refractivity contribution in [1.82, 2.24) is 5.32 Å². The molecule has 0 aliphatic carbocycles. The van der Waals surface area contributed by atoms with Crippen molar-refractivity contribution in [2.24, 2.45) is 0 Å². The number of nitrogen functional groups attached to an aromatic ring is 1. The number of anilines is 1. The van der Waals surface area contributed by atoms with Crippen LogP contribution in [0.15, 0.2) is 48.5 Å². The van der Waals surface area contributed by atoms with Crippen LogP contribution in [0.3, 0.4) is 0 Å². The Morgan fingerprint density at radius 3 is 2.71 bits per heavy atom. The molecule has 0 bridgehead atoms. The van der Waals surface area contributed by atoms with Gasteiger partial charge in [0.2, 0.25) is 5.91 Å². The molecule has 2 aromatic carbocycles. The number of hydrogen-bond acceptors (Lipinski definition) is 2. The fraction of sp³-hybridized carbons (Fsp3) is 0.235. The lowest BCUT2D eigenvalue weighted by Gasteiger charge is -2.15. The Balaban J connectivity index is 1.89. The summed E-state index contributed by atoms with van der Waals surface area (Å²) in [6, 6.07) is 15.1. The zero-order valence-corrected chi connectivity index (χ0v) is 12.7. The second-order valence-electron chi connectivity index (χ2n) is 5.19. The molecule has 0 saturated carbocycles. The molecule has 110 valence electrons. The van der Waals surface area contributed by atoms with Crippen molar-refractivity contribution in [3.05, 3.63) is 64.7 Å². The van der Waals surface area contributed by atoms with Crippen molar-refractivity contribution < 1.29 is 4.79 Å². The van der Waals surface area contributed by atoms with Gasteiger partial charge in [-0.1, -0.05) is 41.9 Å². The largest absolute Gasteiger partial charge is 0.399 e. The lowest BCUT2D eigenvalue weighted by Crippen LogP contribution is -2.35. The standard InChI is InChI=1S/C17H19ClN2O/c1-12(9-14-6-2-3-8-16(14)18)20-17(21)11-13-5-4-7-15(19)10-13/h2-8,10,12H,9,11,19H2,1H3,(H,20,21). The predicted molar refractivity (Wildman–Crippen MR) is 87.3 cm³/mol. The molecule has 0 radical (unpaired) electrons. The Hall–Kier alpha value is -2.00. The fourth-order valence-corrected chi connectivity index (χ4v) is 2.47. The van der Waals surface area contributed by atoms with Crippen LogP contribution in [0.2, 0.25) is 5.02 Å². The topological polar surface area (TPSA) is 55.1 Å². The highest BCUT2D eigenvalue weighted by Gasteiger charge is 2.10. The molecule has 1 amide bonds. The number of nitrogens with two attached hydrogens (primary N) is 1. The van der Waals surface area contributed by atoms with Crippen molar-refractivity contribution in [2.45, 2.75) is 25.8 Å². The number of carbonyl (C=O) groups is 1. The average molecular weight is 303 g/mol. The lowest BCUT2D eigenvalue weighted by molar-refractivity contribution is -0.121. The summed E-state index contributed by atoms with van der Waals surface area (Å²) in [5.41, 5.74) is 8.33. The van der Waals surface area contributed by atoms with Gasteiger partial charge in [-0.05, 0) is 42.7 Å². The van der Waals surface area contributed by atoms with Crippen LogP contribution in [0.4, 0.5) is 5.69 Å². The molecule has 0 aromatic heterocycles. The molecule has 0 heterocycles. The molecule has 4 heteroatoms. The van der Waals surface area contributed by atoms with Gasteiger partial charge in [-0.15, -0.1) is 0 Å². The molecule has 3 N–H and O–H groups in total. The van der Waals surface area contributed by atoms with E-state index in [1.54, 1.807) is 6.07 Å². The Labute approximate surface area is 130 Å². The maximum Gasteiger partial charge on any atom is 0.224 e. The minimum Gasteiger partial charge on any atom is -0.399 e. The monoisotopic (exact) mass is 302 g/mol. The molecule has 0 spiro atoms. The molecule has 1 unspecified atom stereocenters. The molecule has 0 fully saturated rings. The van der Waals surface area contributed by atoms with Crippen molar-refractivity contribution >= 4 is 23.2 Å². The van der Waals surface area contributed by atoms with Crippen molar-refractivity contribution in [2.75, 3.05) is 5.73 Å². The Morgan fingerprint density at radius 2 is 2.00 bits per heavy atom. The highest BCUT2D eigenvalue weighted by molar-refractivity contribution is 6.31. The van der Waals surface area contributed by atoms with E-state index in [2.05, 4.69) is 5.32 Å². The van der Waals surface area contributed by atoms with Gasteiger partial charge in [-0.3, -0.25) is 4.79 Å². The minimum atomic E-state index is -0.0137. The van der Waals surface area contributed by atoms with Crippen LogP contribution in [0.5, 0.6) is 0 Å². The Kier molecular flexibility index (Phi) is 5.23. The molecule has 2 aromatic rings. The number of rotatable bonds is 5. The van der Waals surface area contributed by atoms with E-state index in [1.165, 1.54) is 0 Å². The summed E-state index contributed by atoms with van der Waals surface area (Å²) in [7, 11) is 0. The van der Waals surface area contributed by atoms with Gasteiger partial charge in [0.05, 0.1) is 6.42 Å². The summed E-state index contributed by atoms with van der Waals surface area (Å²) in [5.74, 6) is -0.0137. The third-order valence-electron chi connectivity index (χ3n) is 3.21. The van der Waals surface area contributed by atoms with E-state index in [1.807, 2.05) is 49.4 Å². The van der Waals surface area contributed by atoms with E-state index in [4.69, 9.17) is 17.3 Å². The average Bonchev–Trinajstić information content (AvgIpc) is 2.41. The quantitative estimate of drug-likeness (QED) is 0.833. The molecule has 21 heavy (non-hydrogen) atoms. The minimum absolute atomic E-state index is 0.0137. The highest BCUT2D eigenvalue weighted by atomic mass is 35.5. The normalized spacial score (nSPS) is 11.9. The molecular formula is C17H19ClN2O. The van der Waals surface area contributed by atoms with E-state index in [0.717, 1.165) is 16.1 Å². The van der Waals surface area contributed by atoms with Crippen molar-refractivity contribution in [3.63, 3.8) is 0 Å². The number of hydrogen-bond donors (Lipinski definition) is 2. The molecule has 0 saturated heterocycles. The third-order valence-corrected chi connectivity index (χ3v) is 3.58. The number of benzene rings is 2. The summed E-state index contributed by atoms with van der Waals surface area (Å²) in [6.07, 6.45) is 1.04. The zero-order chi connectivity index (χ0) is 15.2. The van der Waals surface area contributed by atoms with Crippen LogP contribution in [0.1, 0.15) is 18.1 Å².